The summed E-state index contributed by atoms with van der Waals surface area (Å²) >= 11 is 5.23. The van der Waals surface area contributed by atoms with E-state index < -0.39 is 35.1 Å². The van der Waals surface area contributed by atoms with Crippen LogP contribution >= 0.6 is 11.6 Å². The fourth-order valence-corrected chi connectivity index (χ4v) is 1.01. The number of hydrogen-bond acceptors (Lipinski definition) is 2. The van der Waals surface area contributed by atoms with Gasteiger partial charge in [-0.2, -0.15) is 0 Å². The predicted molar refractivity (Wildman–Crippen MR) is 40.1 cm³/mol. The van der Waals surface area contributed by atoms with Crippen molar-refractivity contribution >= 4 is 11.6 Å². The lowest BCUT2D eigenvalue weighted by Crippen LogP contribution is -2.02. The van der Waals surface area contributed by atoms with Gasteiger partial charge in [-0.05, 0) is 0 Å². The fourth-order valence-electron chi connectivity index (χ4n) is 0.864. The molecular weight excluding hydrogens is 207 g/mol. The van der Waals surface area contributed by atoms with E-state index in [2.05, 4.69) is 4.98 Å². The van der Waals surface area contributed by atoms with Gasteiger partial charge in [0, 0.05) is 6.20 Å². The SMILES string of the molecule is OCc1ncc(Cl)c(F)c1C(F)F. The number of aliphatic hydroxyl groups excluding tert-OH is 1. The third-order valence-corrected chi connectivity index (χ3v) is 1.72. The average molecular weight is 212 g/mol. The molecule has 2 nitrogen and oxygen atoms in total. The largest absolute Gasteiger partial charge is 0.390 e. The second-order valence-corrected chi connectivity index (χ2v) is 2.65. The first-order valence-corrected chi connectivity index (χ1v) is 3.67. The maximum absolute atomic E-state index is 12.9. The Bertz CT molecular complexity index is 319. The summed E-state index contributed by atoms with van der Waals surface area (Å²) < 4.78 is 37.3. The first-order valence-electron chi connectivity index (χ1n) is 3.29. The van der Waals surface area contributed by atoms with Gasteiger partial charge in [0.1, 0.15) is 0 Å². The number of pyridine rings is 1. The molecule has 0 unspecified atom stereocenters. The van der Waals surface area contributed by atoms with Gasteiger partial charge in [-0.15, -0.1) is 0 Å². The predicted octanol–water partition coefficient (Wildman–Crippen LogP) is 2.30. The van der Waals surface area contributed by atoms with Gasteiger partial charge in [0.05, 0.1) is 22.9 Å². The lowest BCUT2D eigenvalue weighted by atomic mass is 10.2. The number of alkyl halides is 2. The van der Waals surface area contributed by atoms with Crippen molar-refractivity contribution < 1.29 is 18.3 Å². The summed E-state index contributed by atoms with van der Waals surface area (Å²) in [6, 6.07) is 0. The van der Waals surface area contributed by atoms with Gasteiger partial charge in [0.25, 0.3) is 6.43 Å². The van der Waals surface area contributed by atoms with E-state index in [1.54, 1.807) is 0 Å². The van der Waals surface area contributed by atoms with Crippen LogP contribution in [0, 0.1) is 5.82 Å². The summed E-state index contributed by atoms with van der Waals surface area (Å²) in [6.45, 7) is -0.742. The molecule has 0 saturated carbocycles. The van der Waals surface area contributed by atoms with E-state index in [0.29, 0.717) is 0 Å². The Hall–Kier alpha value is -0.810. The molecule has 0 radical (unpaired) electrons. The van der Waals surface area contributed by atoms with Gasteiger partial charge in [0.15, 0.2) is 5.82 Å². The molecule has 72 valence electrons. The topological polar surface area (TPSA) is 33.1 Å². The molecule has 0 aromatic carbocycles. The molecule has 0 atom stereocenters. The van der Waals surface area contributed by atoms with E-state index in [-0.39, 0.29) is 0 Å². The number of aromatic nitrogens is 1. The van der Waals surface area contributed by atoms with Crippen LogP contribution in [0.1, 0.15) is 17.7 Å². The second kappa shape index (κ2) is 3.93. The van der Waals surface area contributed by atoms with E-state index >= 15 is 0 Å². The van der Waals surface area contributed by atoms with Crippen LogP contribution in [0.15, 0.2) is 6.20 Å². The third-order valence-electron chi connectivity index (χ3n) is 1.46. The molecular formula is C7H5ClF3NO. The van der Waals surface area contributed by atoms with Crippen molar-refractivity contribution in [3.8, 4) is 0 Å². The van der Waals surface area contributed by atoms with Gasteiger partial charge >= 0.3 is 0 Å². The summed E-state index contributed by atoms with van der Waals surface area (Å²) in [5.41, 5.74) is -1.33. The Kier molecular flexibility index (Phi) is 3.11. The number of nitrogens with zero attached hydrogens (tertiary/aromatic N) is 1. The Morgan fingerprint density at radius 3 is 2.62 bits per heavy atom. The van der Waals surface area contributed by atoms with Crippen LogP contribution < -0.4 is 0 Å². The van der Waals surface area contributed by atoms with Crippen LogP contribution in [-0.2, 0) is 6.61 Å². The van der Waals surface area contributed by atoms with Crippen LogP contribution in [0.2, 0.25) is 5.02 Å². The van der Waals surface area contributed by atoms with E-state index in [4.69, 9.17) is 16.7 Å². The molecule has 0 aliphatic heterocycles. The zero-order valence-corrected chi connectivity index (χ0v) is 7.02. The number of hydrogen-bond donors (Lipinski definition) is 1. The van der Waals surface area contributed by atoms with Crippen molar-refractivity contribution in [3.63, 3.8) is 0 Å². The summed E-state index contributed by atoms with van der Waals surface area (Å²) in [5.74, 6) is -1.23. The lowest BCUT2D eigenvalue weighted by Gasteiger charge is -2.07. The first-order chi connectivity index (χ1) is 6.07. The van der Waals surface area contributed by atoms with Crippen molar-refractivity contribution in [1.29, 1.82) is 0 Å². The molecule has 0 saturated heterocycles. The molecule has 0 amide bonds. The highest BCUT2D eigenvalue weighted by Crippen LogP contribution is 2.28. The third kappa shape index (κ3) is 1.92. The van der Waals surface area contributed by atoms with Crippen LogP contribution in [-0.4, -0.2) is 10.1 Å². The van der Waals surface area contributed by atoms with Crippen LogP contribution in [0.5, 0.6) is 0 Å². The minimum absolute atomic E-state index is 0.392. The Balaban J connectivity index is 3.32. The molecule has 6 heteroatoms. The van der Waals surface area contributed by atoms with Gasteiger partial charge < -0.3 is 5.11 Å². The second-order valence-electron chi connectivity index (χ2n) is 2.24. The highest BCUT2D eigenvalue weighted by molar-refractivity contribution is 6.30. The average Bonchev–Trinajstić information content (AvgIpc) is 2.08. The van der Waals surface area contributed by atoms with Crippen molar-refractivity contribution in [3.05, 3.63) is 28.3 Å². The highest BCUT2D eigenvalue weighted by Gasteiger charge is 2.21. The summed E-state index contributed by atoms with van der Waals surface area (Å²) in [7, 11) is 0. The number of halogens is 4. The lowest BCUT2D eigenvalue weighted by molar-refractivity contribution is 0.140. The van der Waals surface area contributed by atoms with Crippen molar-refractivity contribution in [2.24, 2.45) is 0 Å². The number of rotatable bonds is 2. The standard InChI is InChI=1S/C7H5ClF3NO/c8-3-1-12-4(2-13)5(6(3)9)7(10)11/h1,7,13H,2H2. The Labute approximate surface area is 77.0 Å². The van der Waals surface area contributed by atoms with Crippen LogP contribution in [0.4, 0.5) is 13.2 Å². The maximum atomic E-state index is 12.9. The number of aliphatic hydroxyl groups is 1. The van der Waals surface area contributed by atoms with Crippen molar-refractivity contribution in [2.45, 2.75) is 13.0 Å². The summed E-state index contributed by atoms with van der Waals surface area (Å²) in [4.78, 5) is 3.38. The fraction of sp³-hybridized carbons (Fsp3) is 0.286. The molecule has 1 rings (SSSR count). The molecule has 0 fully saturated rings. The molecule has 1 aromatic rings. The molecule has 0 aliphatic carbocycles. The van der Waals surface area contributed by atoms with Crippen LogP contribution in [0.3, 0.4) is 0 Å². The highest BCUT2D eigenvalue weighted by atomic mass is 35.5. The summed E-state index contributed by atoms with van der Waals surface area (Å²) in [5, 5.41) is 8.10. The zero-order chi connectivity index (χ0) is 10.0. The summed E-state index contributed by atoms with van der Waals surface area (Å²) in [6.07, 6.45) is -2.15. The first kappa shape index (κ1) is 10.3. The maximum Gasteiger partial charge on any atom is 0.268 e. The van der Waals surface area contributed by atoms with E-state index in [1.807, 2.05) is 0 Å². The van der Waals surface area contributed by atoms with Gasteiger partial charge in [-0.1, -0.05) is 11.6 Å². The molecule has 0 aliphatic rings. The normalized spacial score (nSPS) is 10.9. The van der Waals surface area contributed by atoms with Crippen molar-refractivity contribution in [2.75, 3.05) is 0 Å². The minimum Gasteiger partial charge on any atom is -0.390 e. The Morgan fingerprint density at radius 1 is 1.54 bits per heavy atom. The molecule has 0 spiro atoms. The van der Waals surface area contributed by atoms with E-state index in [9.17, 15) is 13.2 Å². The van der Waals surface area contributed by atoms with E-state index in [1.165, 1.54) is 0 Å². The smallest absolute Gasteiger partial charge is 0.268 e. The molecule has 1 aromatic heterocycles. The Morgan fingerprint density at radius 2 is 2.15 bits per heavy atom. The van der Waals surface area contributed by atoms with Crippen molar-refractivity contribution in [1.82, 2.24) is 4.98 Å². The monoisotopic (exact) mass is 211 g/mol. The molecule has 13 heavy (non-hydrogen) atoms. The van der Waals surface area contributed by atoms with Gasteiger partial charge in [-0.25, -0.2) is 13.2 Å². The quantitative estimate of drug-likeness (QED) is 0.814. The van der Waals surface area contributed by atoms with Crippen LogP contribution in [0.25, 0.3) is 0 Å². The minimum atomic E-state index is -3.03. The molecule has 1 N–H and O–H groups in total. The zero-order valence-electron chi connectivity index (χ0n) is 6.27. The van der Waals surface area contributed by atoms with Gasteiger partial charge in [-0.3, -0.25) is 4.98 Å². The van der Waals surface area contributed by atoms with Gasteiger partial charge in [0.2, 0.25) is 0 Å². The molecule has 0 bridgehead atoms. The van der Waals surface area contributed by atoms with E-state index in [0.717, 1.165) is 6.20 Å². The molecule has 1 heterocycles.